The molecule has 0 radical (unpaired) electrons. The number of rotatable bonds is 8. The van der Waals surface area contributed by atoms with Crippen molar-refractivity contribution >= 4 is 52.7 Å². The predicted molar refractivity (Wildman–Crippen MR) is 181 cm³/mol. The highest BCUT2D eigenvalue weighted by molar-refractivity contribution is 6.43. The first-order valence-electron chi connectivity index (χ1n) is 16.2. The molecule has 3 atom stereocenters. The Bertz CT molecular complexity index is 1550. The van der Waals surface area contributed by atoms with E-state index in [0.29, 0.717) is 52.8 Å². The molecule has 3 heterocycles. The number of carbonyl (C=O) groups excluding carboxylic acids is 3. The molecule has 0 spiro atoms. The third-order valence-electron chi connectivity index (χ3n) is 9.83. The summed E-state index contributed by atoms with van der Waals surface area (Å²) in [5, 5.41) is 0.204. The van der Waals surface area contributed by atoms with Crippen molar-refractivity contribution in [1.82, 2.24) is 0 Å². The topological polar surface area (TPSA) is 82.1 Å². The lowest BCUT2D eigenvalue weighted by Crippen LogP contribution is -2.38. The summed E-state index contributed by atoms with van der Waals surface area (Å²) in [5.41, 5.74) is 4.62. The van der Waals surface area contributed by atoms with Gasteiger partial charge in [-0.15, -0.1) is 0 Å². The minimum atomic E-state index is -0.666. The largest absolute Gasteiger partial charge is 0.462 e. The summed E-state index contributed by atoms with van der Waals surface area (Å²) in [6.45, 7) is 11.5. The smallest absolute Gasteiger partial charge is 0.349 e. The van der Waals surface area contributed by atoms with E-state index in [1.807, 2.05) is 0 Å². The Morgan fingerprint density at radius 3 is 2.37 bits per heavy atom. The molecule has 2 amide bonds. The zero-order chi connectivity index (χ0) is 33.2. The van der Waals surface area contributed by atoms with Gasteiger partial charge in [-0.2, -0.15) is 0 Å². The maximum absolute atomic E-state index is 12.7. The first-order chi connectivity index (χ1) is 21.9. The fourth-order valence-corrected chi connectivity index (χ4v) is 7.26. The first-order valence-corrected chi connectivity index (χ1v) is 17.0. The van der Waals surface area contributed by atoms with Crippen LogP contribution < -0.4 is 4.90 Å². The van der Waals surface area contributed by atoms with Crippen molar-refractivity contribution in [3.05, 3.63) is 80.4 Å². The van der Waals surface area contributed by atoms with Gasteiger partial charge in [0.15, 0.2) is 0 Å². The molecule has 7 nitrogen and oxygen atoms in total. The Morgan fingerprint density at radius 1 is 1.09 bits per heavy atom. The number of anilines is 1. The lowest BCUT2D eigenvalue weighted by molar-refractivity contribution is -0.137. The highest BCUT2D eigenvalue weighted by Gasteiger charge is 2.60. The van der Waals surface area contributed by atoms with E-state index in [1.54, 1.807) is 25.1 Å². The van der Waals surface area contributed by atoms with Crippen LogP contribution in [0.2, 0.25) is 5.02 Å². The van der Waals surface area contributed by atoms with Crippen molar-refractivity contribution in [2.24, 2.45) is 5.92 Å². The van der Waals surface area contributed by atoms with E-state index in [-0.39, 0.29) is 40.8 Å². The second-order valence-corrected chi connectivity index (χ2v) is 13.9. The van der Waals surface area contributed by atoms with Gasteiger partial charge in [-0.3, -0.25) is 9.59 Å². The molecule has 246 valence electrons. The van der Waals surface area contributed by atoms with E-state index in [1.165, 1.54) is 28.5 Å². The summed E-state index contributed by atoms with van der Waals surface area (Å²) >= 11 is 12.1. The number of fused-ring (bicyclic) bond motifs is 2. The second-order valence-electron chi connectivity index (χ2n) is 13.1. The molecule has 4 aliphatic rings. The fraction of sp³-hybridized carbons (Fsp3) is 0.486. The number of benzene rings is 2. The number of ether oxygens (including phenoxy) is 3. The molecule has 2 saturated heterocycles. The Kier molecular flexibility index (Phi) is 10.5. The summed E-state index contributed by atoms with van der Waals surface area (Å²) in [4.78, 5) is 38.2. The van der Waals surface area contributed by atoms with Crippen LogP contribution in [0.4, 0.5) is 5.69 Å². The SMILES string of the molecule is CCOC(=O)/C(Cl)=C/c1cc(N2C(=O)C3=C(CCCC3)C2=O)ccc1Cl.Cc1ccccc1COC1CC2(C(C)C)CCC1(C)O2. The van der Waals surface area contributed by atoms with Crippen LogP contribution in [0, 0.1) is 12.8 Å². The average molecular weight is 669 g/mol. The van der Waals surface area contributed by atoms with E-state index in [0.717, 1.165) is 25.7 Å². The van der Waals surface area contributed by atoms with E-state index in [2.05, 4.69) is 52.0 Å². The number of aryl methyl sites for hydroxylation is 1. The molecule has 2 bridgehead atoms. The second kappa shape index (κ2) is 14.0. The minimum absolute atomic E-state index is 0.0607. The van der Waals surface area contributed by atoms with E-state index in [9.17, 15) is 14.4 Å². The minimum Gasteiger partial charge on any atom is -0.462 e. The van der Waals surface area contributed by atoms with Crippen LogP contribution in [0.3, 0.4) is 0 Å². The number of imide groups is 1. The van der Waals surface area contributed by atoms with Gasteiger partial charge in [-0.25, -0.2) is 9.69 Å². The molecule has 0 saturated carbocycles. The van der Waals surface area contributed by atoms with Crippen molar-refractivity contribution in [2.75, 3.05) is 11.5 Å². The molecule has 1 aliphatic carbocycles. The molecule has 2 fully saturated rings. The summed E-state index contributed by atoms with van der Waals surface area (Å²) in [5.74, 6) is -0.658. The number of nitrogens with zero attached hydrogens (tertiary/aromatic N) is 1. The number of hydrogen-bond acceptors (Lipinski definition) is 6. The van der Waals surface area contributed by atoms with E-state index in [4.69, 9.17) is 37.4 Å². The molecule has 3 aliphatic heterocycles. The van der Waals surface area contributed by atoms with E-state index >= 15 is 0 Å². The molecule has 6 rings (SSSR count). The monoisotopic (exact) mass is 667 g/mol. The highest BCUT2D eigenvalue weighted by atomic mass is 35.5. The van der Waals surface area contributed by atoms with E-state index < -0.39 is 5.97 Å². The van der Waals surface area contributed by atoms with Gasteiger partial charge in [0.25, 0.3) is 11.8 Å². The third-order valence-corrected chi connectivity index (χ3v) is 10.4. The molecule has 9 heteroatoms. The average Bonchev–Trinajstić information content (AvgIpc) is 3.63. The molecular formula is C37H43Cl2NO6. The quantitative estimate of drug-likeness (QED) is 0.160. The molecule has 2 aromatic carbocycles. The summed E-state index contributed by atoms with van der Waals surface area (Å²) in [6.07, 6.45) is 8.05. The zero-order valence-electron chi connectivity index (χ0n) is 27.3. The van der Waals surface area contributed by atoms with Crippen LogP contribution in [0.15, 0.2) is 58.6 Å². The molecular weight excluding hydrogens is 625 g/mol. The zero-order valence-corrected chi connectivity index (χ0v) is 28.8. The molecule has 46 heavy (non-hydrogen) atoms. The maximum Gasteiger partial charge on any atom is 0.349 e. The van der Waals surface area contributed by atoms with Crippen LogP contribution in [0.1, 0.15) is 89.3 Å². The van der Waals surface area contributed by atoms with Crippen molar-refractivity contribution in [3.8, 4) is 0 Å². The number of esters is 1. The highest BCUT2D eigenvalue weighted by Crippen LogP contribution is 2.55. The van der Waals surface area contributed by atoms with Gasteiger partial charge in [0, 0.05) is 22.6 Å². The number of amides is 2. The number of carbonyl (C=O) groups is 3. The van der Waals surface area contributed by atoms with Gasteiger partial charge in [0.1, 0.15) is 5.03 Å². The van der Waals surface area contributed by atoms with Crippen LogP contribution in [-0.2, 0) is 35.2 Å². The van der Waals surface area contributed by atoms with Gasteiger partial charge in [-0.1, -0.05) is 61.3 Å². The van der Waals surface area contributed by atoms with Gasteiger partial charge in [-0.05, 0) is 106 Å². The van der Waals surface area contributed by atoms with Gasteiger partial charge < -0.3 is 14.2 Å². The molecule has 3 unspecified atom stereocenters. The fourth-order valence-electron chi connectivity index (χ4n) is 6.92. The van der Waals surface area contributed by atoms with Gasteiger partial charge in [0.2, 0.25) is 0 Å². The standard InChI is InChI=1S/C19H17Cl2NO4.C18H26O2/c1-2-26-19(25)16(21)10-11-9-12(7-8-15(11)20)22-17(23)13-5-3-4-6-14(13)18(22)24;1-13(2)18-10-9-17(4,20-18)16(11-18)19-12-15-8-6-5-7-14(15)3/h7-10H,2-6H2,1H3;5-8,13,16H,9-12H2,1-4H3/b16-10-;. The Labute approximate surface area is 281 Å². The molecule has 2 aromatic rings. The number of halogens is 2. The Morgan fingerprint density at radius 2 is 1.76 bits per heavy atom. The molecule has 0 N–H and O–H groups in total. The Hall–Kier alpha value is -2.97. The molecule has 0 aromatic heterocycles. The van der Waals surface area contributed by atoms with Crippen molar-refractivity contribution in [2.45, 2.75) is 103 Å². The van der Waals surface area contributed by atoms with Crippen LogP contribution in [0.25, 0.3) is 6.08 Å². The van der Waals surface area contributed by atoms with Crippen molar-refractivity contribution in [3.63, 3.8) is 0 Å². The number of hydrogen-bond donors (Lipinski definition) is 0. The summed E-state index contributed by atoms with van der Waals surface area (Å²) in [7, 11) is 0. The van der Waals surface area contributed by atoms with Crippen molar-refractivity contribution in [1.29, 1.82) is 0 Å². The van der Waals surface area contributed by atoms with Gasteiger partial charge >= 0.3 is 5.97 Å². The lowest BCUT2D eigenvalue weighted by Gasteiger charge is -2.31. The van der Waals surface area contributed by atoms with Crippen LogP contribution in [-0.4, -0.2) is 41.7 Å². The maximum atomic E-state index is 12.7. The van der Waals surface area contributed by atoms with Crippen molar-refractivity contribution < 1.29 is 28.6 Å². The third kappa shape index (κ3) is 6.84. The summed E-state index contributed by atoms with van der Waals surface area (Å²) < 4.78 is 17.5. The first kappa shape index (κ1) is 34.4. The lowest BCUT2D eigenvalue weighted by atomic mass is 9.75. The van der Waals surface area contributed by atoms with Gasteiger partial charge in [0.05, 0.1) is 36.2 Å². The van der Waals surface area contributed by atoms with Crippen LogP contribution >= 0.6 is 23.2 Å². The predicted octanol–water partition coefficient (Wildman–Crippen LogP) is 8.47. The summed E-state index contributed by atoms with van der Waals surface area (Å²) in [6, 6.07) is 13.2. The normalized spacial score (nSPS) is 25.6. The Balaban J connectivity index is 0.000000187. The van der Waals surface area contributed by atoms with Crippen LogP contribution in [0.5, 0.6) is 0 Å².